The zero-order valence-electron chi connectivity index (χ0n) is 11.3. The molecule has 0 heterocycles. The van der Waals surface area contributed by atoms with Crippen LogP contribution in [-0.2, 0) is 13.8 Å². The lowest BCUT2D eigenvalue weighted by atomic mass is 10.2. The molecule has 1 aromatic rings. The first-order valence-electron chi connectivity index (χ1n) is 5.95. The van der Waals surface area contributed by atoms with Gasteiger partial charge in [-0.3, -0.25) is 4.79 Å². The fraction of sp³-hybridized carbons (Fsp3) is 0.417. The van der Waals surface area contributed by atoms with Gasteiger partial charge in [-0.05, 0) is 18.1 Å². The lowest BCUT2D eigenvalue weighted by molar-refractivity contribution is -0.123. The SMILES string of the molecule is CC(C)CNC(=O)COc1ccc(S(=O)(=O)Cl)c(F)c1F. The summed E-state index contributed by atoms with van der Waals surface area (Å²) < 4.78 is 53.9. The number of ether oxygens (including phenoxy) is 1. The van der Waals surface area contributed by atoms with Gasteiger partial charge in [0, 0.05) is 17.2 Å². The van der Waals surface area contributed by atoms with Crippen molar-refractivity contribution in [3.05, 3.63) is 23.8 Å². The predicted molar refractivity (Wildman–Crippen MR) is 72.7 cm³/mol. The third kappa shape index (κ3) is 5.13. The van der Waals surface area contributed by atoms with E-state index in [-0.39, 0.29) is 5.92 Å². The van der Waals surface area contributed by atoms with Crippen LogP contribution in [0.15, 0.2) is 17.0 Å². The zero-order chi connectivity index (χ0) is 16.2. The Kier molecular flexibility index (Phi) is 5.91. The third-order valence-electron chi connectivity index (χ3n) is 2.34. The van der Waals surface area contributed by atoms with Crippen LogP contribution in [0.25, 0.3) is 0 Å². The second-order valence-corrected chi connectivity index (χ2v) is 7.15. The van der Waals surface area contributed by atoms with Crippen LogP contribution in [0.3, 0.4) is 0 Å². The third-order valence-corrected chi connectivity index (χ3v) is 3.68. The van der Waals surface area contributed by atoms with Crippen LogP contribution >= 0.6 is 10.7 Å². The van der Waals surface area contributed by atoms with Crippen molar-refractivity contribution in [3.63, 3.8) is 0 Å². The highest BCUT2D eigenvalue weighted by molar-refractivity contribution is 8.13. The number of rotatable bonds is 6. The number of amides is 1. The number of carbonyl (C=O) groups is 1. The summed E-state index contributed by atoms with van der Waals surface area (Å²) in [6.45, 7) is 3.68. The molecule has 0 spiro atoms. The minimum atomic E-state index is -4.40. The minimum Gasteiger partial charge on any atom is -0.481 e. The molecule has 0 bridgehead atoms. The fourth-order valence-electron chi connectivity index (χ4n) is 1.33. The normalized spacial score (nSPS) is 11.5. The van der Waals surface area contributed by atoms with Gasteiger partial charge in [-0.2, -0.15) is 4.39 Å². The van der Waals surface area contributed by atoms with Crippen molar-refractivity contribution in [2.45, 2.75) is 18.7 Å². The van der Waals surface area contributed by atoms with Gasteiger partial charge in [-0.25, -0.2) is 12.8 Å². The monoisotopic (exact) mass is 341 g/mol. The Balaban J connectivity index is 2.78. The molecule has 1 aromatic carbocycles. The Hall–Kier alpha value is -1.41. The van der Waals surface area contributed by atoms with E-state index in [1.807, 2.05) is 13.8 Å². The summed E-state index contributed by atoms with van der Waals surface area (Å²) in [6, 6.07) is 1.66. The molecule has 5 nitrogen and oxygen atoms in total. The Morgan fingerprint density at radius 3 is 2.48 bits per heavy atom. The topological polar surface area (TPSA) is 72.5 Å². The average molecular weight is 342 g/mol. The number of hydrogen-bond acceptors (Lipinski definition) is 4. The van der Waals surface area contributed by atoms with Crippen LogP contribution in [-0.4, -0.2) is 27.5 Å². The lowest BCUT2D eigenvalue weighted by Crippen LogP contribution is -2.31. The molecule has 9 heteroatoms. The van der Waals surface area contributed by atoms with E-state index < -0.39 is 43.8 Å². The van der Waals surface area contributed by atoms with Crippen LogP contribution in [0.2, 0.25) is 0 Å². The molecule has 1 rings (SSSR count). The number of benzene rings is 1. The molecule has 0 atom stereocenters. The van der Waals surface area contributed by atoms with Crippen LogP contribution < -0.4 is 10.1 Å². The van der Waals surface area contributed by atoms with Gasteiger partial charge in [-0.15, -0.1) is 0 Å². The van der Waals surface area contributed by atoms with Gasteiger partial charge in [0.2, 0.25) is 5.82 Å². The molecule has 0 aromatic heterocycles. The second kappa shape index (κ2) is 7.04. The quantitative estimate of drug-likeness (QED) is 0.804. The van der Waals surface area contributed by atoms with E-state index in [0.717, 1.165) is 12.1 Å². The number of hydrogen-bond donors (Lipinski definition) is 1. The summed E-state index contributed by atoms with van der Waals surface area (Å²) in [5, 5.41) is 2.52. The first kappa shape index (κ1) is 17.6. The van der Waals surface area contributed by atoms with Gasteiger partial charge in [0.25, 0.3) is 15.0 Å². The Morgan fingerprint density at radius 1 is 1.33 bits per heavy atom. The van der Waals surface area contributed by atoms with Crippen molar-refractivity contribution in [3.8, 4) is 5.75 Å². The van der Waals surface area contributed by atoms with Gasteiger partial charge >= 0.3 is 0 Å². The molecule has 1 N–H and O–H groups in total. The van der Waals surface area contributed by atoms with Crippen molar-refractivity contribution in [1.82, 2.24) is 5.32 Å². The van der Waals surface area contributed by atoms with Crippen molar-refractivity contribution >= 4 is 25.6 Å². The van der Waals surface area contributed by atoms with Gasteiger partial charge in [0.1, 0.15) is 4.90 Å². The van der Waals surface area contributed by atoms with E-state index in [4.69, 9.17) is 15.4 Å². The standard InChI is InChI=1S/C12H14ClF2NO4S/c1-7(2)5-16-10(17)6-20-8-3-4-9(21(13,18)19)12(15)11(8)14/h3-4,7H,5-6H2,1-2H3,(H,16,17). The molecule has 0 unspecified atom stereocenters. The highest BCUT2D eigenvalue weighted by atomic mass is 35.7. The van der Waals surface area contributed by atoms with Gasteiger partial charge < -0.3 is 10.1 Å². The number of halogens is 3. The molecule has 0 radical (unpaired) electrons. The first-order chi connectivity index (χ1) is 9.62. The molecule has 0 saturated carbocycles. The predicted octanol–water partition coefficient (Wildman–Crippen LogP) is 2.04. The molecule has 1 amide bonds. The van der Waals surface area contributed by atoms with Crippen LogP contribution in [0.5, 0.6) is 5.75 Å². The van der Waals surface area contributed by atoms with E-state index in [1.165, 1.54) is 0 Å². The molecule has 21 heavy (non-hydrogen) atoms. The summed E-state index contributed by atoms with van der Waals surface area (Å²) in [4.78, 5) is 10.4. The molecule has 0 aliphatic rings. The smallest absolute Gasteiger partial charge is 0.264 e. The van der Waals surface area contributed by atoms with Crippen molar-refractivity contribution in [2.75, 3.05) is 13.2 Å². The van der Waals surface area contributed by atoms with E-state index in [1.54, 1.807) is 0 Å². The molecular formula is C12H14ClF2NO4S. The van der Waals surface area contributed by atoms with Crippen LogP contribution in [0, 0.1) is 17.6 Å². The number of carbonyl (C=O) groups excluding carboxylic acids is 1. The minimum absolute atomic E-state index is 0.233. The molecular weight excluding hydrogens is 328 g/mol. The summed E-state index contributed by atoms with van der Waals surface area (Å²) in [7, 11) is 0.547. The van der Waals surface area contributed by atoms with Crippen molar-refractivity contribution < 1.29 is 26.7 Å². The van der Waals surface area contributed by atoms with E-state index >= 15 is 0 Å². The Bertz CT molecular complexity index is 634. The van der Waals surface area contributed by atoms with Gasteiger partial charge in [0.05, 0.1) is 0 Å². The van der Waals surface area contributed by atoms with Gasteiger partial charge in [0.15, 0.2) is 18.2 Å². The van der Waals surface area contributed by atoms with E-state index in [0.29, 0.717) is 6.54 Å². The highest BCUT2D eigenvalue weighted by Crippen LogP contribution is 2.27. The summed E-state index contributed by atoms with van der Waals surface area (Å²) in [5.74, 6) is -4.01. The molecule has 118 valence electrons. The summed E-state index contributed by atoms with van der Waals surface area (Å²) in [6.07, 6.45) is 0. The van der Waals surface area contributed by atoms with E-state index in [9.17, 15) is 22.0 Å². The molecule has 0 saturated heterocycles. The summed E-state index contributed by atoms with van der Waals surface area (Å²) in [5.41, 5.74) is 0. The van der Waals surface area contributed by atoms with Crippen molar-refractivity contribution in [2.24, 2.45) is 5.92 Å². The second-order valence-electron chi connectivity index (χ2n) is 4.61. The van der Waals surface area contributed by atoms with Crippen molar-refractivity contribution in [1.29, 1.82) is 0 Å². The van der Waals surface area contributed by atoms with E-state index in [2.05, 4.69) is 5.32 Å². The fourth-order valence-corrected chi connectivity index (χ4v) is 2.22. The largest absolute Gasteiger partial charge is 0.481 e. The highest BCUT2D eigenvalue weighted by Gasteiger charge is 2.22. The first-order valence-corrected chi connectivity index (χ1v) is 8.26. The van der Waals surface area contributed by atoms with Gasteiger partial charge in [-0.1, -0.05) is 13.8 Å². The molecule has 0 aliphatic carbocycles. The van der Waals surface area contributed by atoms with Crippen LogP contribution in [0.1, 0.15) is 13.8 Å². The lowest BCUT2D eigenvalue weighted by Gasteiger charge is -2.10. The molecule has 0 aliphatic heterocycles. The average Bonchev–Trinajstić information content (AvgIpc) is 2.36. The maximum atomic E-state index is 13.6. The number of nitrogens with one attached hydrogen (secondary N) is 1. The maximum Gasteiger partial charge on any atom is 0.264 e. The maximum absolute atomic E-state index is 13.6. The van der Waals surface area contributed by atoms with Crippen LogP contribution in [0.4, 0.5) is 8.78 Å². The Morgan fingerprint density at radius 2 is 1.95 bits per heavy atom. The molecule has 0 fully saturated rings. The zero-order valence-corrected chi connectivity index (χ0v) is 12.9. The summed E-state index contributed by atoms with van der Waals surface area (Å²) >= 11 is 0. The Labute approximate surface area is 125 Å².